The first-order valence-corrected chi connectivity index (χ1v) is 18.9. The molecule has 8 nitrogen and oxygen atoms in total. The second kappa shape index (κ2) is 13.3. The van der Waals surface area contributed by atoms with Gasteiger partial charge in [0.2, 0.25) is 0 Å². The summed E-state index contributed by atoms with van der Waals surface area (Å²) in [6.07, 6.45) is 0.307. The first kappa shape index (κ1) is 33.9. The normalized spacial score (nSPS) is 20.5. The first-order chi connectivity index (χ1) is 21.8. The largest absolute Gasteiger partial charge is 0.497 e. The molecule has 0 bridgehead atoms. The van der Waals surface area contributed by atoms with Crippen molar-refractivity contribution in [2.45, 2.75) is 68.9 Å². The zero-order valence-corrected chi connectivity index (χ0v) is 29.0. The van der Waals surface area contributed by atoms with Gasteiger partial charge in [-0.2, -0.15) is 0 Å². The van der Waals surface area contributed by atoms with Crippen molar-refractivity contribution in [3.8, 4) is 5.75 Å². The maximum Gasteiger partial charge on any atom is 0.330 e. The summed E-state index contributed by atoms with van der Waals surface area (Å²) in [5, 5.41) is -0.0638. The Morgan fingerprint density at radius 3 is 1.98 bits per heavy atom. The van der Waals surface area contributed by atoms with Crippen LogP contribution in [0.15, 0.2) is 107 Å². The summed E-state index contributed by atoms with van der Waals surface area (Å²) in [4.78, 5) is 27.3. The number of methoxy groups -OCH3 is 1. The Labute approximate surface area is 276 Å². The van der Waals surface area contributed by atoms with Crippen LogP contribution in [0.1, 0.15) is 50.1 Å². The Hall–Kier alpha value is -3.47. The second-order valence-electron chi connectivity index (χ2n) is 13.3. The fraction of sp³-hybridized carbons (Fsp3) is 0.389. The zero-order valence-electron chi connectivity index (χ0n) is 27.3. The van der Waals surface area contributed by atoms with Gasteiger partial charge in [0.05, 0.1) is 25.7 Å². The van der Waals surface area contributed by atoms with Crippen LogP contribution in [-0.4, -0.2) is 49.2 Å². The van der Waals surface area contributed by atoms with Crippen LogP contribution in [-0.2, 0) is 19.5 Å². The third kappa shape index (κ3) is 6.52. The Bertz CT molecular complexity index is 1680. The lowest BCUT2D eigenvalue weighted by atomic mass is 9.79. The third-order valence-electron chi connectivity index (χ3n) is 9.42. The lowest BCUT2D eigenvalue weighted by molar-refractivity contribution is -0.150. The summed E-state index contributed by atoms with van der Waals surface area (Å²) in [6, 6.07) is 29.3. The molecule has 1 N–H and O–H groups in total. The van der Waals surface area contributed by atoms with Crippen LogP contribution in [0.2, 0.25) is 18.1 Å². The smallest absolute Gasteiger partial charge is 0.330 e. The number of alkyl halides is 1. The van der Waals surface area contributed by atoms with E-state index in [1.54, 1.807) is 7.11 Å². The highest BCUT2D eigenvalue weighted by Gasteiger charge is 2.55. The van der Waals surface area contributed by atoms with Gasteiger partial charge in [0.25, 0.3) is 5.56 Å². The van der Waals surface area contributed by atoms with Gasteiger partial charge in [-0.05, 0) is 47.0 Å². The fourth-order valence-corrected chi connectivity index (χ4v) is 7.01. The molecule has 1 fully saturated rings. The van der Waals surface area contributed by atoms with Gasteiger partial charge in [-0.25, -0.2) is 4.79 Å². The molecule has 1 aliphatic rings. The van der Waals surface area contributed by atoms with Gasteiger partial charge < -0.3 is 18.6 Å². The Morgan fingerprint density at radius 1 is 0.913 bits per heavy atom. The SMILES string of the molecule is COc1ccc(C(O[C@H]2C[C@H](n3ccc(=O)[nH]c3=O)O[C@]2(CCl)CO[Si](C)(C)C(C)(C)C)(c2ccccc2)c2ccccc2)cc1. The van der Waals surface area contributed by atoms with Crippen molar-refractivity contribution in [2.24, 2.45) is 0 Å². The molecular weight excluding hydrogens is 620 g/mol. The number of nitrogens with zero attached hydrogens (tertiary/aromatic N) is 1. The van der Waals surface area contributed by atoms with E-state index in [4.69, 9.17) is 30.2 Å². The molecule has 3 atom stereocenters. The molecule has 1 aromatic heterocycles. The molecule has 0 amide bonds. The lowest BCUT2D eigenvalue weighted by Crippen LogP contribution is -2.54. The average molecular weight is 663 g/mol. The van der Waals surface area contributed by atoms with Crippen molar-refractivity contribution in [2.75, 3.05) is 19.6 Å². The molecule has 2 heterocycles. The van der Waals surface area contributed by atoms with E-state index in [0.29, 0.717) is 0 Å². The van der Waals surface area contributed by atoms with Gasteiger partial charge in [0.1, 0.15) is 23.2 Å². The number of benzene rings is 3. The predicted molar refractivity (Wildman–Crippen MR) is 183 cm³/mol. The number of rotatable bonds is 11. The van der Waals surface area contributed by atoms with E-state index in [-0.39, 0.29) is 23.9 Å². The van der Waals surface area contributed by atoms with Crippen molar-refractivity contribution in [1.29, 1.82) is 0 Å². The van der Waals surface area contributed by atoms with E-state index in [1.165, 1.54) is 16.8 Å². The minimum atomic E-state index is -2.27. The van der Waals surface area contributed by atoms with Crippen molar-refractivity contribution >= 4 is 19.9 Å². The molecule has 0 saturated carbocycles. The van der Waals surface area contributed by atoms with Gasteiger partial charge in [-0.1, -0.05) is 93.6 Å². The molecule has 1 saturated heterocycles. The molecule has 4 aromatic rings. The van der Waals surface area contributed by atoms with Gasteiger partial charge in [0.15, 0.2) is 8.32 Å². The molecule has 244 valence electrons. The lowest BCUT2D eigenvalue weighted by Gasteiger charge is -2.44. The van der Waals surface area contributed by atoms with E-state index in [1.807, 2.05) is 84.9 Å². The minimum Gasteiger partial charge on any atom is -0.497 e. The number of aromatic nitrogens is 2. The quantitative estimate of drug-likeness (QED) is 0.107. The van der Waals surface area contributed by atoms with Crippen molar-refractivity contribution < 1.29 is 18.6 Å². The topological polar surface area (TPSA) is 91.8 Å². The summed E-state index contributed by atoms with van der Waals surface area (Å²) in [7, 11) is -0.632. The number of hydrogen-bond donors (Lipinski definition) is 1. The van der Waals surface area contributed by atoms with E-state index >= 15 is 0 Å². The van der Waals surface area contributed by atoms with Gasteiger partial charge >= 0.3 is 5.69 Å². The van der Waals surface area contributed by atoms with E-state index < -0.39 is 43.1 Å². The van der Waals surface area contributed by atoms with E-state index in [2.05, 4.69) is 38.8 Å². The summed E-state index contributed by atoms with van der Waals surface area (Å²) < 4.78 is 28.0. The molecule has 0 unspecified atom stereocenters. The highest BCUT2D eigenvalue weighted by molar-refractivity contribution is 6.74. The first-order valence-electron chi connectivity index (χ1n) is 15.5. The van der Waals surface area contributed by atoms with Crippen LogP contribution in [0.25, 0.3) is 0 Å². The second-order valence-corrected chi connectivity index (χ2v) is 18.4. The van der Waals surface area contributed by atoms with Crippen LogP contribution < -0.4 is 16.0 Å². The number of H-pyrrole nitrogens is 1. The molecule has 1 aliphatic heterocycles. The molecular formula is C36H43ClN2O6Si. The fourth-order valence-electron chi connectivity index (χ4n) is 5.66. The van der Waals surface area contributed by atoms with Crippen LogP contribution in [0, 0.1) is 0 Å². The van der Waals surface area contributed by atoms with Crippen LogP contribution >= 0.6 is 11.6 Å². The standard InChI is InChI=1S/C36H43ClN2O6Si/c1-34(2,3)46(5,6)43-25-35(24-37)30(23-32(45-35)39-22-21-31(40)38-33(39)41)44-36(26-13-9-7-10-14-26,27-15-11-8-12-16-27)28-17-19-29(42-4)20-18-28/h7-22,30,32H,23-25H2,1-6H3,(H,38,40,41)/t30-,32+,35+/m0/s1. The van der Waals surface area contributed by atoms with Crippen LogP contribution in [0.4, 0.5) is 0 Å². The summed E-state index contributed by atoms with van der Waals surface area (Å²) >= 11 is 6.90. The Balaban J connectivity index is 1.70. The van der Waals surface area contributed by atoms with Crippen molar-refractivity contribution in [3.05, 3.63) is 135 Å². The molecule has 0 aliphatic carbocycles. The van der Waals surface area contributed by atoms with Crippen molar-refractivity contribution in [3.63, 3.8) is 0 Å². The maximum atomic E-state index is 13.0. The summed E-state index contributed by atoms with van der Waals surface area (Å²) in [6.45, 7) is 11.1. The zero-order chi connectivity index (χ0) is 33.2. The average Bonchev–Trinajstić information content (AvgIpc) is 3.41. The molecule has 5 rings (SSSR count). The minimum absolute atomic E-state index is 0.0448. The molecule has 46 heavy (non-hydrogen) atoms. The summed E-state index contributed by atoms with van der Waals surface area (Å²) in [5.74, 6) is 0.766. The van der Waals surface area contributed by atoms with Gasteiger partial charge in [0, 0.05) is 18.7 Å². The number of ether oxygens (including phenoxy) is 3. The number of nitrogens with one attached hydrogen (secondary N) is 1. The third-order valence-corrected chi connectivity index (χ3v) is 14.4. The number of aromatic amines is 1. The van der Waals surface area contributed by atoms with Gasteiger partial charge in [-0.15, -0.1) is 11.6 Å². The number of halogens is 1. The highest BCUT2D eigenvalue weighted by atomic mass is 35.5. The molecule has 0 spiro atoms. The van der Waals surface area contributed by atoms with E-state index in [0.717, 1.165) is 22.4 Å². The Kier molecular flexibility index (Phi) is 9.82. The monoisotopic (exact) mass is 662 g/mol. The van der Waals surface area contributed by atoms with Crippen molar-refractivity contribution in [1.82, 2.24) is 9.55 Å². The predicted octanol–water partition coefficient (Wildman–Crippen LogP) is 6.84. The Morgan fingerprint density at radius 2 is 1.48 bits per heavy atom. The van der Waals surface area contributed by atoms with Crippen LogP contribution in [0.3, 0.4) is 0 Å². The number of hydrogen-bond acceptors (Lipinski definition) is 6. The van der Waals surface area contributed by atoms with E-state index in [9.17, 15) is 9.59 Å². The molecule has 0 radical (unpaired) electrons. The van der Waals surface area contributed by atoms with Crippen LogP contribution in [0.5, 0.6) is 5.75 Å². The highest BCUT2D eigenvalue weighted by Crippen LogP contribution is 2.49. The maximum absolute atomic E-state index is 13.0. The van der Waals surface area contributed by atoms with Gasteiger partial charge in [-0.3, -0.25) is 14.3 Å². The molecule has 10 heteroatoms. The molecule has 3 aromatic carbocycles. The summed E-state index contributed by atoms with van der Waals surface area (Å²) in [5.41, 5.74) is -0.609.